The monoisotopic (exact) mass is 344 g/mol. The average Bonchev–Trinajstić information content (AvgIpc) is 2.33. The Morgan fingerprint density at radius 2 is 1.45 bits per heavy atom. The lowest BCUT2D eigenvalue weighted by molar-refractivity contribution is -0.377. The van der Waals surface area contributed by atoms with E-state index in [9.17, 15) is 45.0 Å². The Kier molecular flexibility index (Phi) is 5.31. The maximum Gasteiger partial charge on any atom is 0.428 e. The molecule has 2 atom stereocenters. The molecule has 0 aromatic heterocycles. The van der Waals surface area contributed by atoms with Crippen LogP contribution in [0.3, 0.4) is 0 Å². The van der Waals surface area contributed by atoms with Gasteiger partial charge in [0.05, 0.1) is 0 Å². The summed E-state index contributed by atoms with van der Waals surface area (Å²) in [5, 5.41) is 9.28. The molecule has 0 aliphatic carbocycles. The van der Waals surface area contributed by atoms with Crippen molar-refractivity contribution in [1.82, 2.24) is 0 Å². The number of halogens is 8. The fourth-order valence-electron chi connectivity index (χ4n) is 1.17. The van der Waals surface area contributed by atoms with E-state index in [1.165, 1.54) is 0 Å². The Morgan fingerprint density at radius 1 is 1.05 bits per heavy atom. The minimum Gasteiger partial charge on any atom is -0.459 e. The lowest BCUT2D eigenvalue weighted by Gasteiger charge is -2.42. The molecular weight excluding hydrogens is 332 g/mol. The zero-order chi connectivity index (χ0) is 18.2. The van der Waals surface area contributed by atoms with Crippen molar-refractivity contribution in [2.75, 3.05) is 6.61 Å². The lowest BCUT2D eigenvalue weighted by Crippen LogP contribution is -2.69. The van der Waals surface area contributed by atoms with Gasteiger partial charge in [0.2, 0.25) is 0 Å². The van der Waals surface area contributed by atoms with Crippen LogP contribution < -0.4 is 0 Å². The Balaban J connectivity index is 5.68. The topological polar surface area (TPSA) is 46.5 Å². The molecule has 130 valence electrons. The van der Waals surface area contributed by atoms with Crippen molar-refractivity contribution in [1.29, 1.82) is 0 Å². The van der Waals surface area contributed by atoms with Gasteiger partial charge in [-0.1, -0.05) is 6.58 Å². The molecule has 2 unspecified atom stereocenters. The van der Waals surface area contributed by atoms with E-state index in [1.54, 1.807) is 0 Å². The van der Waals surface area contributed by atoms with E-state index in [-0.39, 0.29) is 6.92 Å². The van der Waals surface area contributed by atoms with Crippen LogP contribution in [0.1, 0.15) is 13.8 Å². The van der Waals surface area contributed by atoms with Crippen LogP contribution >= 0.6 is 0 Å². The molecule has 0 saturated carbocycles. The van der Waals surface area contributed by atoms with Crippen LogP contribution in [-0.4, -0.2) is 47.0 Å². The molecule has 0 radical (unpaired) electrons. The number of carbonyl (C=O) groups is 1. The number of hydrogen-bond acceptors (Lipinski definition) is 3. The fourth-order valence-corrected chi connectivity index (χ4v) is 1.17. The van der Waals surface area contributed by atoms with E-state index in [0.717, 1.165) is 0 Å². The van der Waals surface area contributed by atoms with E-state index >= 15 is 0 Å². The highest BCUT2D eigenvalue weighted by Gasteiger charge is 2.81. The van der Waals surface area contributed by atoms with Gasteiger partial charge in [-0.05, 0) is 13.8 Å². The van der Waals surface area contributed by atoms with E-state index in [0.29, 0.717) is 6.08 Å². The number of carbonyl (C=O) groups excluding carboxylic acids is 1. The Morgan fingerprint density at radius 3 is 1.77 bits per heavy atom. The summed E-state index contributed by atoms with van der Waals surface area (Å²) in [5.74, 6) is -13.7. The van der Waals surface area contributed by atoms with Gasteiger partial charge in [-0.15, -0.1) is 0 Å². The fraction of sp³-hybridized carbons (Fsp3) is 0.727. The van der Waals surface area contributed by atoms with Crippen molar-refractivity contribution >= 4 is 5.97 Å². The zero-order valence-corrected chi connectivity index (χ0v) is 11.3. The van der Waals surface area contributed by atoms with Crippen LogP contribution in [0.2, 0.25) is 0 Å². The maximum atomic E-state index is 13.6. The molecule has 22 heavy (non-hydrogen) atoms. The second-order valence-electron chi connectivity index (χ2n) is 4.74. The molecule has 0 spiro atoms. The zero-order valence-electron chi connectivity index (χ0n) is 11.3. The highest BCUT2D eigenvalue weighted by Crippen LogP contribution is 2.55. The van der Waals surface area contributed by atoms with Crippen molar-refractivity contribution in [2.24, 2.45) is 0 Å². The van der Waals surface area contributed by atoms with Gasteiger partial charge in [0.25, 0.3) is 5.67 Å². The van der Waals surface area contributed by atoms with Gasteiger partial charge in [-0.3, -0.25) is 0 Å². The number of rotatable bonds is 6. The third kappa shape index (κ3) is 3.18. The predicted octanol–water partition coefficient (Wildman–Crippen LogP) is 3.03. The van der Waals surface area contributed by atoms with Crippen molar-refractivity contribution in [2.45, 2.75) is 43.1 Å². The number of alkyl halides is 8. The highest BCUT2D eigenvalue weighted by molar-refractivity contribution is 5.81. The molecule has 0 aromatic carbocycles. The van der Waals surface area contributed by atoms with Crippen LogP contribution in [0.4, 0.5) is 35.1 Å². The Labute approximate surface area is 119 Å². The summed E-state index contributed by atoms with van der Waals surface area (Å²) in [5.41, 5.74) is -9.62. The number of hydrogen-bond donors (Lipinski definition) is 1. The van der Waals surface area contributed by atoms with Crippen LogP contribution in [0.5, 0.6) is 0 Å². The Bertz CT molecular complexity index is 439. The van der Waals surface area contributed by atoms with E-state index in [2.05, 4.69) is 11.3 Å². The normalized spacial score (nSPS) is 19.0. The van der Waals surface area contributed by atoms with Crippen molar-refractivity contribution in [3.8, 4) is 0 Å². The predicted molar refractivity (Wildman–Crippen MR) is 57.2 cm³/mol. The molecule has 0 amide bonds. The molecular formula is C11H12F8O3. The van der Waals surface area contributed by atoms with E-state index in [1.807, 2.05) is 0 Å². The van der Waals surface area contributed by atoms with Gasteiger partial charge in [-0.25, -0.2) is 9.18 Å². The minimum atomic E-state index is -6.34. The second-order valence-corrected chi connectivity index (χ2v) is 4.74. The van der Waals surface area contributed by atoms with Gasteiger partial charge in [-0.2, -0.15) is 30.7 Å². The summed E-state index contributed by atoms with van der Waals surface area (Å²) in [4.78, 5) is 10.7. The second kappa shape index (κ2) is 5.67. The summed E-state index contributed by atoms with van der Waals surface area (Å²) in [7, 11) is 0. The minimum absolute atomic E-state index is 0.0241. The number of esters is 1. The Hall–Kier alpha value is -1.39. The molecule has 0 saturated heterocycles. The summed E-state index contributed by atoms with van der Waals surface area (Å²) in [6.45, 7) is 0.223. The molecule has 0 aromatic rings. The maximum absolute atomic E-state index is 13.6. The van der Waals surface area contributed by atoms with Crippen molar-refractivity contribution in [3.05, 3.63) is 12.7 Å². The first kappa shape index (κ1) is 20.6. The SMILES string of the molecule is C=CC(=O)OCC(C)(O)C(F)(F)C(F)(F)C(C)(F)C(F)(F)F. The van der Waals surface area contributed by atoms with Crippen LogP contribution in [0, 0.1) is 0 Å². The standard InChI is InChI=1S/C11H12F8O3/c1-4-6(20)22-5-7(2,21)9(13,14)10(15,16)8(3,12)11(17,18)19/h4,21H,1,5H2,2-3H3. The third-order valence-corrected chi connectivity index (χ3v) is 2.85. The molecule has 1 N–H and O–H groups in total. The smallest absolute Gasteiger partial charge is 0.428 e. The third-order valence-electron chi connectivity index (χ3n) is 2.85. The van der Waals surface area contributed by atoms with Crippen molar-refractivity contribution < 1.29 is 49.8 Å². The summed E-state index contributed by atoms with van der Waals surface area (Å²) < 4.78 is 108. The van der Waals surface area contributed by atoms with Gasteiger partial charge in [0, 0.05) is 6.08 Å². The van der Waals surface area contributed by atoms with Gasteiger partial charge < -0.3 is 9.84 Å². The first-order valence-electron chi connectivity index (χ1n) is 5.48. The molecule has 11 heteroatoms. The van der Waals surface area contributed by atoms with E-state index < -0.39 is 48.8 Å². The highest BCUT2D eigenvalue weighted by atomic mass is 19.4. The van der Waals surface area contributed by atoms with Gasteiger partial charge in [0.15, 0.2) is 5.60 Å². The molecule has 0 heterocycles. The summed E-state index contributed by atoms with van der Waals surface area (Å²) in [6.07, 6.45) is -5.91. The first-order valence-corrected chi connectivity index (χ1v) is 5.48. The van der Waals surface area contributed by atoms with Crippen LogP contribution in [0.25, 0.3) is 0 Å². The molecule has 0 rings (SSSR count). The molecule has 0 aliphatic rings. The number of ether oxygens (including phenoxy) is 1. The van der Waals surface area contributed by atoms with Crippen LogP contribution in [-0.2, 0) is 9.53 Å². The van der Waals surface area contributed by atoms with Crippen LogP contribution in [0.15, 0.2) is 12.7 Å². The van der Waals surface area contributed by atoms with Gasteiger partial charge in [0.1, 0.15) is 6.61 Å². The largest absolute Gasteiger partial charge is 0.459 e. The van der Waals surface area contributed by atoms with Gasteiger partial charge >= 0.3 is 24.0 Å². The summed E-state index contributed by atoms with van der Waals surface area (Å²) in [6, 6.07) is 0. The molecule has 3 nitrogen and oxygen atoms in total. The van der Waals surface area contributed by atoms with E-state index in [4.69, 9.17) is 0 Å². The first-order chi connectivity index (χ1) is 9.45. The quantitative estimate of drug-likeness (QED) is 0.458. The molecule has 0 fully saturated rings. The summed E-state index contributed by atoms with van der Waals surface area (Å²) >= 11 is 0. The molecule has 0 bridgehead atoms. The molecule has 0 aliphatic heterocycles. The lowest BCUT2D eigenvalue weighted by atomic mass is 9.84. The number of aliphatic hydroxyl groups is 1. The van der Waals surface area contributed by atoms with Crippen molar-refractivity contribution in [3.63, 3.8) is 0 Å². The average molecular weight is 344 g/mol.